The minimum Gasteiger partial charge on any atom is -0.461 e. The van der Waals surface area contributed by atoms with Gasteiger partial charge in [0.15, 0.2) is 11.2 Å². The largest absolute Gasteiger partial charge is 0.461 e. The summed E-state index contributed by atoms with van der Waals surface area (Å²) in [6.07, 6.45) is 8.93. The molecule has 1 fully saturated rings. The van der Waals surface area contributed by atoms with Gasteiger partial charge in [-0.25, -0.2) is 9.78 Å². The molecule has 1 aliphatic rings. The summed E-state index contributed by atoms with van der Waals surface area (Å²) in [5.74, 6) is -0.374. The minimum atomic E-state index is -0.464. The molecule has 3 rings (SSSR count). The van der Waals surface area contributed by atoms with Crippen LogP contribution in [0.2, 0.25) is 0 Å². The summed E-state index contributed by atoms with van der Waals surface area (Å²) in [5, 5.41) is 0. The highest BCUT2D eigenvalue weighted by atomic mass is 16.5. The van der Waals surface area contributed by atoms with Gasteiger partial charge >= 0.3 is 11.7 Å². The smallest absolute Gasteiger partial charge is 0.332 e. The number of hydrogen-bond acceptors (Lipinski definition) is 5. The van der Waals surface area contributed by atoms with Gasteiger partial charge in [-0.1, -0.05) is 19.3 Å². The van der Waals surface area contributed by atoms with E-state index in [4.69, 9.17) is 4.74 Å². The zero-order valence-corrected chi connectivity index (χ0v) is 14.7. The number of ether oxygens (including phenoxy) is 1. The summed E-state index contributed by atoms with van der Waals surface area (Å²) in [5.41, 5.74) is -0.403. The molecule has 1 aliphatic carbocycles. The predicted octanol–water partition coefficient (Wildman–Crippen LogP) is 1.09. The van der Waals surface area contributed by atoms with Crippen LogP contribution in [0.4, 0.5) is 0 Å². The number of rotatable bonds is 3. The van der Waals surface area contributed by atoms with E-state index < -0.39 is 11.2 Å². The van der Waals surface area contributed by atoms with Crippen LogP contribution in [0.15, 0.2) is 15.9 Å². The molecular weight excluding hydrogens is 324 g/mol. The molecule has 0 atom stereocenters. The van der Waals surface area contributed by atoms with Crippen LogP contribution < -0.4 is 11.2 Å². The number of imidazole rings is 1. The lowest BCUT2D eigenvalue weighted by molar-refractivity contribution is -0.150. The van der Waals surface area contributed by atoms with Gasteiger partial charge in [-0.05, 0) is 25.7 Å². The monoisotopic (exact) mass is 348 g/mol. The quantitative estimate of drug-likeness (QED) is 0.775. The Hall–Kier alpha value is -2.38. The molecule has 8 nitrogen and oxygen atoms in total. The molecule has 1 saturated carbocycles. The number of carbonyl (C=O) groups excluding carboxylic acids is 1. The lowest BCUT2D eigenvalue weighted by atomic mass is 9.99. The second-order valence-corrected chi connectivity index (χ2v) is 6.71. The summed E-state index contributed by atoms with van der Waals surface area (Å²) in [6.45, 7) is -0.0829. The van der Waals surface area contributed by atoms with Crippen LogP contribution in [0.1, 0.15) is 44.9 Å². The van der Waals surface area contributed by atoms with Crippen molar-refractivity contribution < 1.29 is 9.53 Å². The van der Waals surface area contributed by atoms with Gasteiger partial charge in [0.1, 0.15) is 12.6 Å². The van der Waals surface area contributed by atoms with Gasteiger partial charge in [-0.3, -0.25) is 18.7 Å². The van der Waals surface area contributed by atoms with Crippen molar-refractivity contribution in [2.45, 2.75) is 57.6 Å². The van der Waals surface area contributed by atoms with Gasteiger partial charge in [0.2, 0.25) is 0 Å². The molecule has 0 saturated heterocycles. The number of fused-ring (bicyclic) bond motifs is 1. The normalized spacial score (nSPS) is 16.6. The van der Waals surface area contributed by atoms with Crippen molar-refractivity contribution in [1.82, 2.24) is 18.7 Å². The van der Waals surface area contributed by atoms with E-state index in [1.165, 1.54) is 41.8 Å². The third-order valence-electron chi connectivity index (χ3n) is 4.87. The molecule has 136 valence electrons. The first-order valence-corrected chi connectivity index (χ1v) is 8.79. The average Bonchev–Trinajstić information content (AvgIpc) is 2.97. The van der Waals surface area contributed by atoms with Crippen LogP contribution >= 0.6 is 0 Å². The highest BCUT2D eigenvalue weighted by Gasteiger charge is 2.19. The lowest BCUT2D eigenvalue weighted by Gasteiger charge is -2.20. The maximum Gasteiger partial charge on any atom is 0.332 e. The Bertz CT molecular complexity index is 884. The number of nitrogens with zero attached hydrogens (tertiary/aromatic N) is 4. The van der Waals surface area contributed by atoms with Crippen molar-refractivity contribution in [1.29, 1.82) is 0 Å². The zero-order valence-electron chi connectivity index (χ0n) is 14.7. The molecule has 0 unspecified atom stereocenters. The fourth-order valence-corrected chi connectivity index (χ4v) is 3.42. The third-order valence-corrected chi connectivity index (χ3v) is 4.87. The Labute approximate surface area is 145 Å². The molecule has 2 heterocycles. The van der Waals surface area contributed by atoms with Crippen LogP contribution in [0.5, 0.6) is 0 Å². The molecule has 0 aromatic carbocycles. The first kappa shape index (κ1) is 17.4. The van der Waals surface area contributed by atoms with E-state index in [9.17, 15) is 14.4 Å². The average molecular weight is 348 g/mol. The second kappa shape index (κ2) is 7.25. The summed E-state index contributed by atoms with van der Waals surface area (Å²) in [4.78, 5) is 40.8. The van der Waals surface area contributed by atoms with Crippen molar-refractivity contribution in [3.63, 3.8) is 0 Å². The summed E-state index contributed by atoms with van der Waals surface area (Å²) < 4.78 is 9.38. The van der Waals surface area contributed by atoms with Gasteiger partial charge in [0, 0.05) is 14.1 Å². The third kappa shape index (κ3) is 3.52. The van der Waals surface area contributed by atoms with Crippen molar-refractivity contribution in [2.24, 2.45) is 14.1 Å². The van der Waals surface area contributed by atoms with E-state index in [2.05, 4.69) is 4.98 Å². The molecular formula is C17H24N4O4. The summed E-state index contributed by atoms with van der Waals surface area (Å²) in [7, 11) is 2.96. The fraction of sp³-hybridized carbons (Fsp3) is 0.647. The molecule has 0 N–H and O–H groups in total. The van der Waals surface area contributed by atoms with E-state index in [0.717, 1.165) is 30.3 Å². The van der Waals surface area contributed by atoms with E-state index in [-0.39, 0.29) is 29.8 Å². The Morgan fingerprint density at radius 1 is 1.12 bits per heavy atom. The van der Waals surface area contributed by atoms with E-state index >= 15 is 0 Å². The van der Waals surface area contributed by atoms with Crippen molar-refractivity contribution in [2.75, 3.05) is 0 Å². The van der Waals surface area contributed by atoms with E-state index in [1.807, 2.05) is 0 Å². The maximum absolute atomic E-state index is 12.4. The second-order valence-electron chi connectivity index (χ2n) is 6.71. The number of aromatic nitrogens is 4. The molecule has 0 bridgehead atoms. The standard InChI is InChI=1S/C17H24N4O4/c1-19-15-14(16(23)20(2)17(19)24)21(11-18-15)10-13(22)25-12-8-6-4-3-5-7-9-12/h11-12H,3-10H2,1-2H3. The topological polar surface area (TPSA) is 88.1 Å². The Morgan fingerprint density at radius 2 is 1.76 bits per heavy atom. The molecule has 2 aromatic rings. The fourth-order valence-electron chi connectivity index (χ4n) is 3.42. The van der Waals surface area contributed by atoms with Gasteiger partial charge in [0.05, 0.1) is 6.33 Å². The molecule has 25 heavy (non-hydrogen) atoms. The molecule has 8 heteroatoms. The number of esters is 1. The Balaban J connectivity index is 1.80. The number of carbonyl (C=O) groups is 1. The predicted molar refractivity (Wildman–Crippen MR) is 92.4 cm³/mol. The van der Waals surface area contributed by atoms with Crippen LogP contribution in [-0.2, 0) is 30.2 Å². The Kier molecular flexibility index (Phi) is 5.06. The summed E-state index contributed by atoms with van der Waals surface area (Å²) in [6, 6.07) is 0. The zero-order chi connectivity index (χ0) is 18.0. The highest BCUT2D eigenvalue weighted by molar-refractivity contribution is 5.75. The minimum absolute atomic E-state index is 0.0465. The van der Waals surface area contributed by atoms with E-state index in [1.54, 1.807) is 7.05 Å². The van der Waals surface area contributed by atoms with Gasteiger partial charge < -0.3 is 9.30 Å². The lowest BCUT2D eigenvalue weighted by Crippen LogP contribution is -2.37. The highest BCUT2D eigenvalue weighted by Crippen LogP contribution is 2.19. The van der Waals surface area contributed by atoms with Crippen LogP contribution in [0.25, 0.3) is 11.2 Å². The van der Waals surface area contributed by atoms with Crippen LogP contribution in [-0.4, -0.2) is 30.8 Å². The number of aryl methyl sites for hydroxylation is 1. The van der Waals surface area contributed by atoms with Gasteiger partial charge in [0.25, 0.3) is 5.56 Å². The van der Waals surface area contributed by atoms with Gasteiger partial charge in [-0.2, -0.15) is 0 Å². The summed E-state index contributed by atoms with van der Waals surface area (Å²) >= 11 is 0. The molecule has 0 radical (unpaired) electrons. The molecule has 2 aromatic heterocycles. The first-order valence-electron chi connectivity index (χ1n) is 8.79. The molecule has 0 spiro atoms. The SMILES string of the molecule is Cn1c(=O)c2c(ncn2CC(=O)OC2CCCCCCC2)n(C)c1=O. The van der Waals surface area contributed by atoms with Crippen molar-refractivity contribution >= 4 is 17.1 Å². The van der Waals surface area contributed by atoms with Crippen LogP contribution in [0.3, 0.4) is 0 Å². The molecule has 0 amide bonds. The molecule has 0 aliphatic heterocycles. The maximum atomic E-state index is 12.4. The van der Waals surface area contributed by atoms with Crippen LogP contribution in [0, 0.1) is 0 Å². The van der Waals surface area contributed by atoms with Crippen molar-refractivity contribution in [3.8, 4) is 0 Å². The van der Waals surface area contributed by atoms with Gasteiger partial charge in [-0.15, -0.1) is 0 Å². The van der Waals surface area contributed by atoms with E-state index in [0.29, 0.717) is 0 Å². The Morgan fingerprint density at radius 3 is 2.44 bits per heavy atom. The first-order chi connectivity index (χ1) is 12.0. The van der Waals surface area contributed by atoms with Crippen molar-refractivity contribution in [3.05, 3.63) is 27.2 Å². The number of hydrogen-bond donors (Lipinski definition) is 0.